The molecule has 1 N–H and O–H groups in total. The summed E-state index contributed by atoms with van der Waals surface area (Å²) in [5.41, 5.74) is -0.574. The fraction of sp³-hybridized carbons (Fsp3) is 0.833. The number of nitrogens with one attached hydrogen (secondary N) is 1. The van der Waals surface area contributed by atoms with E-state index in [4.69, 9.17) is 9.47 Å². The van der Waals surface area contributed by atoms with E-state index >= 15 is 0 Å². The number of hydrogen-bond acceptors (Lipinski definition) is 4. The average Bonchev–Trinajstić information content (AvgIpc) is 2.14. The summed E-state index contributed by atoms with van der Waals surface area (Å²) in [6.07, 6.45) is 0.723. The Balaban J connectivity index is 4.34. The monoisotopic (exact) mass is 245 g/mol. The van der Waals surface area contributed by atoms with Gasteiger partial charge in [-0.05, 0) is 34.1 Å². The molecule has 0 aliphatic rings. The molecule has 0 aliphatic heterocycles. The van der Waals surface area contributed by atoms with Gasteiger partial charge in [-0.1, -0.05) is 13.3 Å². The van der Waals surface area contributed by atoms with Crippen molar-refractivity contribution < 1.29 is 19.1 Å². The zero-order valence-corrected chi connectivity index (χ0v) is 11.3. The summed E-state index contributed by atoms with van der Waals surface area (Å²) in [6, 6.07) is -0.630. The van der Waals surface area contributed by atoms with E-state index in [1.807, 2.05) is 6.92 Å². The van der Waals surface area contributed by atoms with Crippen molar-refractivity contribution in [2.45, 2.75) is 59.1 Å². The molecule has 0 aromatic heterocycles. The summed E-state index contributed by atoms with van der Waals surface area (Å²) in [5, 5.41) is 2.52. The molecule has 5 heteroatoms. The van der Waals surface area contributed by atoms with Crippen LogP contribution in [0.25, 0.3) is 0 Å². The first-order valence-electron chi connectivity index (χ1n) is 5.96. The maximum Gasteiger partial charge on any atom is 0.408 e. The van der Waals surface area contributed by atoms with Crippen molar-refractivity contribution in [3.63, 3.8) is 0 Å². The van der Waals surface area contributed by atoms with E-state index < -0.39 is 23.7 Å². The van der Waals surface area contributed by atoms with Gasteiger partial charge in [0.2, 0.25) is 0 Å². The topological polar surface area (TPSA) is 64.6 Å². The van der Waals surface area contributed by atoms with E-state index in [1.54, 1.807) is 27.7 Å². The lowest BCUT2D eigenvalue weighted by Gasteiger charge is -2.22. The Hall–Kier alpha value is -1.26. The second-order valence-electron chi connectivity index (χ2n) is 4.74. The minimum atomic E-state index is -0.630. The third-order valence-corrected chi connectivity index (χ3v) is 1.84. The molecule has 5 nitrogen and oxygen atoms in total. The van der Waals surface area contributed by atoms with Gasteiger partial charge in [-0.2, -0.15) is 0 Å². The maximum absolute atomic E-state index is 11.5. The number of carbonyl (C=O) groups is 2. The zero-order chi connectivity index (χ0) is 13.5. The Bertz CT molecular complexity index is 258. The summed E-state index contributed by atoms with van der Waals surface area (Å²) in [4.78, 5) is 23.1. The molecule has 0 fully saturated rings. The highest BCUT2D eigenvalue weighted by molar-refractivity contribution is 5.81. The number of hydrogen-bond donors (Lipinski definition) is 1. The Labute approximate surface area is 103 Å². The first-order chi connectivity index (χ1) is 7.80. The Morgan fingerprint density at radius 2 is 1.82 bits per heavy atom. The van der Waals surface area contributed by atoms with Crippen LogP contribution < -0.4 is 5.32 Å². The SMILES string of the molecule is CCC[C@@H](NC(=O)OC(C)(C)C)C(=O)OCC. The standard InChI is InChI=1S/C12H23NO4/c1-6-8-9(10(14)16-7-2)13-11(15)17-12(3,4)5/h9H,6-8H2,1-5H3,(H,13,15)/t9-/m1/s1. The molecule has 0 aliphatic carbocycles. The average molecular weight is 245 g/mol. The van der Waals surface area contributed by atoms with Gasteiger partial charge in [0, 0.05) is 0 Å². The van der Waals surface area contributed by atoms with E-state index in [0.717, 1.165) is 6.42 Å². The minimum Gasteiger partial charge on any atom is -0.464 e. The molecule has 0 bridgehead atoms. The Morgan fingerprint density at radius 1 is 1.24 bits per heavy atom. The first kappa shape index (κ1) is 15.7. The fourth-order valence-electron chi connectivity index (χ4n) is 1.23. The second-order valence-corrected chi connectivity index (χ2v) is 4.74. The van der Waals surface area contributed by atoms with Crippen LogP contribution in [0.1, 0.15) is 47.5 Å². The number of amides is 1. The second kappa shape index (κ2) is 7.14. The number of esters is 1. The van der Waals surface area contributed by atoms with Crippen LogP contribution >= 0.6 is 0 Å². The van der Waals surface area contributed by atoms with Crippen molar-refractivity contribution in [2.24, 2.45) is 0 Å². The number of ether oxygens (including phenoxy) is 2. The molecule has 1 atom stereocenters. The molecule has 0 saturated heterocycles. The van der Waals surface area contributed by atoms with Crippen molar-refractivity contribution >= 4 is 12.1 Å². The van der Waals surface area contributed by atoms with Crippen LogP contribution in [-0.4, -0.2) is 30.3 Å². The molecule has 0 aromatic rings. The van der Waals surface area contributed by atoms with E-state index in [9.17, 15) is 9.59 Å². The fourth-order valence-corrected chi connectivity index (χ4v) is 1.23. The molecule has 0 aromatic carbocycles. The molecule has 0 heterocycles. The van der Waals surface area contributed by atoms with Crippen LogP contribution in [0.4, 0.5) is 4.79 Å². The predicted octanol–water partition coefficient (Wildman–Crippen LogP) is 2.24. The largest absolute Gasteiger partial charge is 0.464 e. The van der Waals surface area contributed by atoms with Gasteiger partial charge in [0.15, 0.2) is 0 Å². The van der Waals surface area contributed by atoms with E-state index in [1.165, 1.54) is 0 Å². The highest BCUT2D eigenvalue weighted by Gasteiger charge is 2.24. The number of rotatable bonds is 5. The van der Waals surface area contributed by atoms with Crippen molar-refractivity contribution in [2.75, 3.05) is 6.61 Å². The minimum absolute atomic E-state index is 0.301. The van der Waals surface area contributed by atoms with Crippen LogP contribution in [0.3, 0.4) is 0 Å². The van der Waals surface area contributed by atoms with Gasteiger partial charge >= 0.3 is 12.1 Å². The lowest BCUT2D eigenvalue weighted by molar-refractivity contribution is -0.145. The van der Waals surface area contributed by atoms with Gasteiger partial charge in [-0.25, -0.2) is 9.59 Å². The molecular weight excluding hydrogens is 222 g/mol. The zero-order valence-electron chi connectivity index (χ0n) is 11.3. The summed E-state index contributed by atoms with van der Waals surface area (Å²) < 4.78 is 9.96. The van der Waals surface area contributed by atoms with Crippen LogP contribution in [0, 0.1) is 0 Å². The highest BCUT2D eigenvalue weighted by Crippen LogP contribution is 2.08. The lowest BCUT2D eigenvalue weighted by Crippen LogP contribution is -2.44. The molecule has 100 valence electrons. The van der Waals surface area contributed by atoms with Crippen molar-refractivity contribution in [1.29, 1.82) is 0 Å². The smallest absolute Gasteiger partial charge is 0.408 e. The van der Waals surface area contributed by atoms with Crippen molar-refractivity contribution in [1.82, 2.24) is 5.32 Å². The summed E-state index contributed by atoms with van der Waals surface area (Å²) in [7, 11) is 0. The van der Waals surface area contributed by atoms with E-state index in [0.29, 0.717) is 13.0 Å². The summed E-state index contributed by atoms with van der Waals surface area (Å²) in [6.45, 7) is 9.27. The normalized spacial score (nSPS) is 12.8. The molecule has 0 rings (SSSR count). The van der Waals surface area contributed by atoms with Crippen LogP contribution in [0.2, 0.25) is 0 Å². The Morgan fingerprint density at radius 3 is 2.24 bits per heavy atom. The summed E-state index contributed by atoms with van der Waals surface area (Å²) in [5.74, 6) is -0.416. The molecule has 0 spiro atoms. The lowest BCUT2D eigenvalue weighted by atomic mass is 10.1. The van der Waals surface area contributed by atoms with Gasteiger partial charge in [0.05, 0.1) is 6.61 Å². The molecule has 17 heavy (non-hydrogen) atoms. The summed E-state index contributed by atoms with van der Waals surface area (Å²) >= 11 is 0. The van der Waals surface area contributed by atoms with Crippen LogP contribution in [0.5, 0.6) is 0 Å². The molecule has 0 radical (unpaired) electrons. The van der Waals surface area contributed by atoms with Gasteiger partial charge in [0.1, 0.15) is 11.6 Å². The van der Waals surface area contributed by atoms with Crippen LogP contribution in [-0.2, 0) is 14.3 Å². The van der Waals surface area contributed by atoms with Crippen molar-refractivity contribution in [3.05, 3.63) is 0 Å². The number of carbonyl (C=O) groups excluding carboxylic acids is 2. The Kier molecular flexibility index (Phi) is 6.61. The molecule has 0 unspecified atom stereocenters. The van der Waals surface area contributed by atoms with Crippen molar-refractivity contribution in [3.8, 4) is 0 Å². The predicted molar refractivity (Wildman–Crippen MR) is 64.7 cm³/mol. The first-order valence-corrected chi connectivity index (χ1v) is 5.96. The highest BCUT2D eigenvalue weighted by atomic mass is 16.6. The van der Waals surface area contributed by atoms with Gasteiger partial charge in [0.25, 0.3) is 0 Å². The van der Waals surface area contributed by atoms with E-state index in [-0.39, 0.29) is 0 Å². The quantitative estimate of drug-likeness (QED) is 0.754. The molecule has 1 amide bonds. The van der Waals surface area contributed by atoms with Gasteiger partial charge in [-0.15, -0.1) is 0 Å². The maximum atomic E-state index is 11.5. The van der Waals surface area contributed by atoms with Crippen LogP contribution in [0.15, 0.2) is 0 Å². The molecule has 0 saturated carbocycles. The number of alkyl carbamates (subject to hydrolysis) is 1. The third-order valence-electron chi connectivity index (χ3n) is 1.84. The van der Waals surface area contributed by atoms with Gasteiger partial charge in [-0.3, -0.25) is 0 Å². The third kappa shape index (κ3) is 7.60. The van der Waals surface area contributed by atoms with Gasteiger partial charge < -0.3 is 14.8 Å². The van der Waals surface area contributed by atoms with E-state index in [2.05, 4.69) is 5.32 Å². The molecular formula is C12H23NO4.